The molecule has 3 nitrogen and oxygen atoms in total. The van der Waals surface area contributed by atoms with Crippen molar-refractivity contribution in [1.82, 2.24) is 9.55 Å². The highest BCUT2D eigenvalue weighted by Gasteiger charge is 2.04. The Morgan fingerprint density at radius 3 is 2.45 bits per heavy atom. The Labute approximate surface area is 118 Å². The Bertz CT molecular complexity index is 669. The summed E-state index contributed by atoms with van der Waals surface area (Å²) in [7, 11) is 0. The summed E-state index contributed by atoms with van der Waals surface area (Å²) in [5.74, 6) is 0. The van der Waals surface area contributed by atoms with Gasteiger partial charge in [-0.15, -0.1) is 0 Å². The largest absolute Gasteiger partial charge is 0.399 e. The lowest BCUT2D eigenvalue weighted by Gasteiger charge is -2.08. The molecule has 0 saturated carbocycles. The number of hydrogen-bond donors (Lipinski definition) is 1. The van der Waals surface area contributed by atoms with Crippen LogP contribution in [0, 0.1) is 0 Å². The number of nitrogens with two attached hydrogens (primary N) is 1. The Morgan fingerprint density at radius 2 is 1.70 bits per heavy atom. The molecular weight excluding hydrogens is 246 g/mol. The van der Waals surface area contributed by atoms with E-state index in [1.54, 1.807) is 0 Å². The van der Waals surface area contributed by atoms with Crippen molar-refractivity contribution in [3.05, 3.63) is 72.7 Å². The Morgan fingerprint density at radius 1 is 0.950 bits per heavy atom. The predicted octanol–water partition coefficient (Wildman–Crippen LogP) is 3.38. The summed E-state index contributed by atoms with van der Waals surface area (Å²) in [5.41, 5.74) is 10.1. The predicted molar refractivity (Wildman–Crippen MR) is 82.2 cm³/mol. The molecule has 0 amide bonds. The molecule has 1 heterocycles. The van der Waals surface area contributed by atoms with Gasteiger partial charge in [0.1, 0.15) is 0 Å². The zero-order chi connectivity index (χ0) is 13.8. The van der Waals surface area contributed by atoms with E-state index in [4.69, 9.17) is 5.73 Å². The fourth-order valence-electron chi connectivity index (χ4n) is 2.28. The lowest BCUT2D eigenvalue weighted by atomic mass is 10.1. The number of aryl methyl sites for hydroxylation is 2. The highest BCUT2D eigenvalue weighted by atomic mass is 15.0. The van der Waals surface area contributed by atoms with Crippen molar-refractivity contribution in [2.24, 2.45) is 0 Å². The average molecular weight is 263 g/mol. The third-order valence-electron chi connectivity index (χ3n) is 3.40. The van der Waals surface area contributed by atoms with Crippen LogP contribution in [-0.2, 0) is 13.0 Å². The molecule has 100 valence electrons. The molecule has 0 saturated heterocycles. The van der Waals surface area contributed by atoms with Crippen molar-refractivity contribution in [3.63, 3.8) is 0 Å². The molecule has 3 rings (SSSR count). The third kappa shape index (κ3) is 2.72. The molecule has 3 aromatic rings. The number of imidazole rings is 1. The molecule has 0 unspecified atom stereocenters. The molecule has 20 heavy (non-hydrogen) atoms. The van der Waals surface area contributed by atoms with E-state index < -0.39 is 0 Å². The van der Waals surface area contributed by atoms with Crippen LogP contribution in [0.2, 0.25) is 0 Å². The van der Waals surface area contributed by atoms with Crippen LogP contribution in [0.4, 0.5) is 5.69 Å². The Hall–Kier alpha value is -2.55. The lowest BCUT2D eigenvalue weighted by Crippen LogP contribution is -2.02. The van der Waals surface area contributed by atoms with Crippen LogP contribution < -0.4 is 5.73 Å². The summed E-state index contributed by atoms with van der Waals surface area (Å²) in [6, 6.07) is 18.4. The molecule has 1 aromatic heterocycles. The Kier molecular flexibility index (Phi) is 3.50. The summed E-state index contributed by atoms with van der Waals surface area (Å²) in [6.07, 6.45) is 4.77. The fourth-order valence-corrected chi connectivity index (χ4v) is 2.28. The first kappa shape index (κ1) is 12.5. The van der Waals surface area contributed by atoms with Gasteiger partial charge in [0.05, 0.1) is 18.2 Å². The quantitative estimate of drug-likeness (QED) is 0.733. The van der Waals surface area contributed by atoms with Crippen molar-refractivity contribution in [3.8, 4) is 11.3 Å². The second kappa shape index (κ2) is 5.61. The van der Waals surface area contributed by atoms with E-state index in [1.807, 2.05) is 42.9 Å². The maximum atomic E-state index is 5.70. The van der Waals surface area contributed by atoms with E-state index in [2.05, 4.69) is 33.8 Å². The monoisotopic (exact) mass is 263 g/mol. The maximum Gasteiger partial charge on any atom is 0.0951 e. The average Bonchev–Trinajstić information content (AvgIpc) is 2.96. The number of rotatable bonds is 4. The van der Waals surface area contributed by atoms with Crippen molar-refractivity contribution in [2.45, 2.75) is 13.0 Å². The van der Waals surface area contributed by atoms with Crippen LogP contribution in [0.3, 0.4) is 0 Å². The minimum Gasteiger partial charge on any atom is -0.399 e. The molecule has 0 spiro atoms. The first-order chi connectivity index (χ1) is 9.83. The summed E-state index contributed by atoms with van der Waals surface area (Å²) in [5, 5.41) is 0. The number of hydrogen-bond acceptors (Lipinski definition) is 2. The van der Waals surface area contributed by atoms with Gasteiger partial charge in [0.2, 0.25) is 0 Å². The molecular formula is C17H17N3. The lowest BCUT2D eigenvalue weighted by molar-refractivity contribution is 0.702. The molecule has 2 aromatic carbocycles. The zero-order valence-electron chi connectivity index (χ0n) is 11.2. The van der Waals surface area contributed by atoms with Crippen LogP contribution in [-0.4, -0.2) is 9.55 Å². The minimum absolute atomic E-state index is 0.807. The number of nitrogen functional groups attached to an aromatic ring is 1. The van der Waals surface area contributed by atoms with E-state index in [-0.39, 0.29) is 0 Å². The van der Waals surface area contributed by atoms with Crippen LogP contribution in [0.1, 0.15) is 5.56 Å². The van der Waals surface area contributed by atoms with E-state index in [1.165, 1.54) is 11.1 Å². The second-order valence-corrected chi connectivity index (χ2v) is 4.83. The van der Waals surface area contributed by atoms with E-state index in [9.17, 15) is 0 Å². The second-order valence-electron chi connectivity index (χ2n) is 4.83. The van der Waals surface area contributed by atoms with Gasteiger partial charge in [-0.2, -0.15) is 0 Å². The van der Waals surface area contributed by atoms with Crippen LogP contribution >= 0.6 is 0 Å². The summed E-state index contributed by atoms with van der Waals surface area (Å²) < 4.78 is 2.19. The molecule has 0 bridgehead atoms. The highest BCUT2D eigenvalue weighted by Crippen LogP contribution is 2.19. The van der Waals surface area contributed by atoms with Gasteiger partial charge >= 0.3 is 0 Å². The van der Waals surface area contributed by atoms with Crippen molar-refractivity contribution in [2.75, 3.05) is 5.73 Å². The smallest absolute Gasteiger partial charge is 0.0951 e. The first-order valence-corrected chi connectivity index (χ1v) is 6.73. The molecule has 0 aliphatic carbocycles. The summed E-state index contributed by atoms with van der Waals surface area (Å²) in [4.78, 5) is 4.27. The first-order valence-electron chi connectivity index (χ1n) is 6.73. The molecule has 0 aliphatic heterocycles. The van der Waals surface area contributed by atoms with E-state index in [0.717, 1.165) is 24.3 Å². The topological polar surface area (TPSA) is 43.8 Å². The number of benzene rings is 2. The molecule has 3 heteroatoms. The van der Waals surface area contributed by atoms with Crippen LogP contribution in [0.15, 0.2) is 67.1 Å². The maximum absolute atomic E-state index is 5.70. The van der Waals surface area contributed by atoms with Crippen LogP contribution in [0.5, 0.6) is 0 Å². The molecule has 2 N–H and O–H groups in total. The molecule has 0 aliphatic rings. The minimum atomic E-state index is 0.807. The molecule has 0 atom stereocenters. The fraction of sp³-hybridized carbons (Fsp3) is 0.118. The number of nitrogens with zero attached hydrogens (tertiary/aromatic N) is 2. The van der Waals surface area contributed by atoms with Gasteiger partial charge in [0.15, 0.2) is 0 Å². The SMILES string of the molecule is Nc1ccc(CCn2cncc2-c2ccccc2)cc1. The van der Waals surface area contributed by atoms with Crippen molar-refractivity contribution >= 4 is 5.69 Å². The van der Waals surface area contributed by atoms with Gasteiger partial charge in [-0.25, -0.2) is 4.98 Å². The van der Waals surface area contributed by atoms with Crippen LogP contribution in [0.25, 0.3) is 11.3 Å². The standard InChI is InChI=1S/C17H17N3/c18-16-8-6-14(7-9-16)10-11-20-13-19-12-17(20)15-4-2-1-3-5-15/h1-9,12-13H,10-11,18H2. The van der Waals surface area contributed by atoms with E-state index >= 15 is 0 Å². The van der Waals surface area contributed by atoms with Crippen molar-refractivity contribution < 1.29 is 0 Å². The van der Waals surface area contributed by atoms with Gasteiger partial charge < -0.3 is 10.3 Å². The Balaban J connectivity index is 1.76. The zero-order valence-corrected chi connectivity index (χ0v) is 11.2. The van der Waals surface area contributed by atoms with Gasteiger partial charge in [-0.3, -0.25) is 0 Å². The highest BCUT2D eigenvalue weighted by molar-refractivity contribution is 5.58. The van der Waals surface area contributed by atoms with Gasteiger partial charge in [0.25, 0.3) is 0 Å². The molecule has 0 fully saturated rings. The summed E-state index contributed by atoms with van der Waals surface area (Å²) >= 11 is 0. The number of aromatic nitrogens is 2. The van der Waals surface area contributed by atoms with Crippen molar-refractivity contribution in [1.29, 1.82) is 0 Å². The molecule has 0 radical (unpaired) electrons. The normalized spacial score (nSPS) is 10.6. The van der Waals surface area contributed by atoms with E-state index in [0.29, 0.717) is 0 Å². The number of anilines is 1. The third-order valence-corrected chi connectivity index (χ3v) is 3.40. The van der Waals surface area contributed by atoms with Gasteiger partial charge in [-0.05, 0) is 29.7 Å². The van der Waals surface area contributed by atoms with Gasteiger partial charge in [-0.1, -0.05) is 42.5 Å². The summed E-state index contributed by atoms with van der Waals surface area (Å²) in [6.45, 7) is 0.911. The van der Waals surface area contributed by atoms with Gasteiger partial charge in [0, 0.05) is 12.2 Å².